The van der Waals surface area contributed by atoms with Crippen LogP contribution in [-0.2, 0) is 28.5 Å². The van der Waals surface area contributed by atoms with E-state index >= 15 is 0 Å². The molecule has 0 aliphatic heterocycles. The molecule has 0 saturated carbocycles. The van der Waals surface area contributed by atoms with Crippen LogP contribution >= 0.6 is 0 Å². The molecule has 0 bridgehead atoms. The van der Waals surface area contributed by atoms with Crippen molar-refractivity contribution in [2.24, 2.45) is 0 Å². The minimum Gasteiger partial charge on any atom is -0.432 e. The minimum absolute atomic E-state index is 0.378. The van der Waals surface area contributed by atoms with Gasteiger partial charge in [-0.3, -0.25) is 0 Å². The molecule has 0 aromatic rings. The Morgan fingerprint density at radius 2 is 1.23 bits per heavy atom. The number of hydrogen-bond acceptors (Lipinski definition) is 6. The van der Waals surface area contributed by atoms with E-state index in [4.69, 9.17) is 18.9 Å². The van der Waals surface area contributed by atoms with E-state index in [1.165, 1.54) is 0 Å². The van der Waals surface area contributed by atoms with Crippen LogP contribution in [0.15, 0.2) is 12.2 Å². The molecule has 0 aliphatic carbocycles. The van der Waals surface area contributed by atoms with E-state index in [-0.39, 0.29) is 5.57 Å². The molecule has 0 N–H and O–H groups in total. The number of unbranched alkanes of at least 4 members (excludes halogenated alkanes) is 2. The fourth-order valence-corrected chi connectivity index (χ4v) is 1.38. The van der Waals surface area contributed by atoms with Gasteiger partial charge in [0.25, 0.3) is 0 Å². The lowest BCUT2D eigenvalue weighted by atomic mass is 10.3. The van der Waals surface area contributed by atoms with Gasteiger partial charge >= 0.3 is 11.9 Å². The lowest BCUT2D eigenvalue weighted by Gasteiger charge is -2.16. The van der Waals surface area contributed by atoms with E-state index in [0.29, 0.717) is 13.2 Å². The average Bonchev–Trinajstić information content (AvgIpc) is 2.46. The predicted molar refractivity (Wildman–Crippen MR) is 82.0 cm³/mol. The molecule has 128 valence electrons. The zero-order valence-corrected chi connectivity index (χ0v) is 14.1. The maximum absolute atomic E-state index is 11.7. The van der Waals surface area contributed by atoms with E-state index in [9.17, 15) is 9.59 Å². The summed E-state index contributed by atoms with van der Waals surface area (Å²) in [4.78, 5) is 23.5. The predicted octanol–water partition coefficient (Wildman–Crippen LogP) is 2.95. The van der Waals surface area contributed by atoms with Crippen molar-refractivity contribution in [1.29, 1.82) is 0 Å². The van der Waals surface area contributed by atoms with Gasteiger partial charge in [0.15, 0.2) is 12.6 Å². The second-order valence-electron chi connectivity index (χ2n) is 4.87. The summed E-state index contributed by atoms with van der Waals surface area (Å²) in [5.74, 6) is -1.70. The largest absolute Gasteiger partial charge is 0.432 e. The smallest absolute Gasteiger partial charge is 0.347 e. The SMILES string of the molecule is C=C(C(=O)OC(C)OCCCC)C(=O)OC(C)OCCCC. The van der Waals surface area contributed by atoms with Gasteiger partial charge in [-0.15, -0.1) is 0 Å². The van der Waals surface area contributed by atoms with Gasteiger partial charge in [-0.2, -0.15) is 0 Å². The first-order chi connectivity index (χ1) is 10.4. The zero-order chi connectivity index (χ0) is 17.0. The van der Waals surface area contributed by atoms with Crippen molar-refractivity contribution in [2.75, 3.05) is 13.2 Å². The van der Waals surface area contributed by atoms with Crippen molar-refractivity contribution >= 4 is 11.9 Å². The first-order valence-electron chi connectivity index (χ1n) is 7.76. The maximum atomic E-state index is 11.7. The van der Waals surface area contributed by atoms with E-state index < -0.39 is 24.5 Å². The molecule has 6 heteroatoms. The molecule has 6 nitrogen and oxygen atoms in total. The number of rotatable bonds is 12. The Morgan fingerprint density at radius 3 is 1.55 bits per heavy atom. The van der Waals surface area contributed by atoms with Crippen LogP contribution in [0, 0.1) is 0 Å². The number of hydrogen-bond donors (Lipinski definition) is 0. The Kier molecular flexibility index (Phi) is 11.4. The van der Waals surface area contributed by atoms with E-state index in [0.717, 1.165) is 25.7 Å². The quantitative estimate of drug-likeness (QED) is 0.138. The number of carbonyl (C=O) groups is 2. The van der Waals surface area contributed by atoms with E-state index in [2.05, 4.69) is 6.58 Å². The third kappa shape index (κ3) is 9.52. The highest BCUT2D eigenvalue weighted by Crippen LogP contribution is 2.06. The maximum Gasteiger partial charge on any atom is 0.347 e. The Morgan fingerprint density at radius 1 is 0.864 bits per heavy atom. The van der Waals surface area contributed by atoms with Crippen LogP contribution in [0.4, 0.5) is 0 Å². The van der Waals surface area contributed by atoms with Crippen molar-refractivity contribution in [3.63, 3.8) is 0 Å². The highest BCUT2D eigenvalue weighted by Gasteiger charge is 2.23. The molecule has 2 unspecified atom stereocenters. The standard InChI is InChI=1S/C16H28O6/c1-6-8-10-19-13(4)21-15(17)12(3)16(18)22-14(5)20-11-9-7-2/h13-14H,3,6-11H2,1-2,4-5H3. The Labute approximate surface area is 132 Å². The summed E-state index contributed by atoms with van der Waals surface area (Å²) < 4.78 is 20.5. The molecule has 22 heavy (non-hydrogen) atoms. The summed E-state index contributed by atoms with van der Waals surface area (Å²) in [7, 11) is 0. The molecule has 0 heterocycles. The lowest BCUT2D eigenvalue weighted by molar-refractivity contribution is -0.178. The third-order valence-corrected chi connectivity index (χ3v) is 2.74. The first-order valence-corrected chi connectivity index (χ1v) is 7.76. The van der Waals surface area contributed by atoms with Gasteiger partial charge in [-0.05, 0) is 26.7 Å². The summed E-state index contributed by atoms with van der Waals surface area (Å²) in [5.41, 5.74) is -0.378. The third-order valence-electron chi connectivity index (χ3n) is 2.74. The molecular weight excluding hydrogens is 288 g/mol. The van der Waals surface area contributed by atoms with Gasteiger partial charge in [0.1, 0.15) is 5.57 Å². The highest BCUT2D eigenvalue weighted by molar-refractivity contribution is 6.13. The van der Waals surface area contributed by atoms with E-state index in [1.807, 2.05) is 13.8 Å². The van der Waals surface area contributed by atoms with Gasteiger partial charge in [0.05, 0.1) is 13.2 Å². The fraction of sp³-hybridized carbons (Fsp3) is 0.750. The molecule has 0 saturated heterocycles. The zero-order valence-electron chi connectivity index (χ0n) is 14.1. The van der Waals surface area contributed by atoms with Crippen LogP contribution in [0.3, 0.4) is 0 Å². The van der Waals surface area contributed by atoms with Gasteiger partial charge in [-0.1, -0.05) is 33.3 Å². The van der Waals surface area contributed by atoms with E-state index in [1.54, 1.807) is 13.8 Å². The number of carbonyl (C=O) groups excluding carboxylic acids is 2. The monoisotopic (exact) mass is 316 g/mol. The second kappa shape index (κ2) is 12.2. The van der Waals surface area contributed by atoms with Crippen LogP contribution < -0.4 is 0 Å². The summed E-state index contributed by atoms with van der Waals surface area (Å²) in [6.07, 6.45) is 2.24. The average molecular weight is 316 g/mol. The fourth-order valence-electron chi connectivity index (χ4n) is 1.38. The Bertz CT molecular complexity index is 321. The van der Waals surface area contributed by atoms with Crippen LogP contribution in [0.2, 0.25) is 0 Å². The van der Waals surface area contributed by atoms with Crippen molar-refractivity contribution in [2.45, 2.75) is 66.0 Å². The minimum atomic E-state index is -0.852. The van der Waals surface area contributed by atoms with Crippen LogP contribution in [0.5, 0.6) is 0 Å². The summed E-state index contributed by atoms with van der Waals surface area (Å²) in [6.45, 7) is 11.6. The van der Waals surface area contributed by atoms with Gasteiger partial charge in [0, 0.05) is 0 Å². The van der Waals surface area contributed by atoms with Crippen molar-refractivity contribution in [3.05, 3.63) is 12.2 Å². The number of esters is 2. The Hall–Kier alpha value is -1.40. The summed E-state index contributed by atoms with van der Waals surface area (Å²) >= 11 is 0. The molecule has 0 rings (SSSR count). The molecule has 0 aliphatic rings. The molecule has 2 atom stereocenters. The highest BCUT2D eigenvalue weighted by atomic mass is 16.7. The van der Waals surface area contributed by atoms with Gasteiger partial charge in [-0.25, -0.2) is 9.59 Å². The normalized spacial score (nSPS) is 13.3. The molecule has 0 aromatic carbocycles. The second-order valence-corrected chi connectivity index (χ2v) is 4.87. The summed E-state index contributed by atoms with van der Waals surface area (Å²) in [6, 6.07) is 0. The van der Waals surface area contributed by atoms with Gasteiger partial charge < -0.3 is 18.9 Å². The first kappa shape index (κ1) is 20.6. The number of ether oxygens (including phenoxy) is 4. The topological polar surface area (TPSA) is 71.1 Å². The molecular formula is C16H28O6. The van der Waals surface area contributed by atoms with Crippen LogP contribution in [-0.4, -0.2) is 37.7 Å². The van der Waals surface area contributed by atoms with Crippen LogP contribution in [0.25, 0.3) is 0 Å². The van der Waals surface area contributed by atoms with Crippen molar-refractivity contribution in [1.82, 2.24) is 0 Å². The van der Waals surface area contributed by atoms with Crippen molar-refractivity contribution < 1.29 is 28.5 Å². The molecule has 0 spiro atoms. The Balaban J connectivity index is 4.10. The van der Waals surface area contributed by atoms with Crippen LogP contribution in [0.1, 0.15) is 53.4 Å². The lowest BCUT2D eigenvalue weighted by Crippen LogP contribution is -2.26. The molecule has 0 amide bonds. The van der Waals surface area contributed by atoms with Gasteiger partial charge in [0.2, 0.25) is 0 Å². The molecule has 0 fully saturated rings. The molecule has 0 radical (unpaired) electrons. The summed E-state index contributed by atoms with van der Waals surface area (Å²) in [5, 5.41) is 0. The molecule has 0 aromatic heterocycles. The van der Waals surface area contributed by atoms with Crippen molar-refractivity contribution in [3.8, 4) is 0 Å².